The lowest BCUT2D eigenvalue weighted by Gasteiger charge is -2.36. The number of benzene rings is 1. The minimum absolute atomic E-state index is 0.0273. The van der Waals surface area contributed by atoms with Gasteiger partial charge in [-0.1, -0.05) is 24.3 Å². The number of thioether (sulfide) groups is 1. The average Bonchev–Trinajstić information content (AvgIpc) is 3.15. The molecular formula is C18H21N3OS. The summed E-state index contributed by atoms with van der Waals surface area (Å²) >= 11 is 1.79. The molecule has 1 saturated heterocycles. The number of hydrogen-bond acceptors (Lipinski definition) is 3. The Balaban J connectivity index is 1.53. The molecule has 1 aromatic heterocycles. The minimum atomic E-state index is -0.0273. The summed E-state index contributed by atoms with van der Waals surface area (Å²) in [5, 5.41) is 7.10. The molecule has 0 spiro atoms. The zero-order valence-corrected chi connectivity index (χ0v) is 13.9. The van der Waals surface area contributed by atoms with Gasteiger partial charge in [0.15, 0.2) is 0 Å². The fourth-order valence-electron chi connectivity index (χ4n) is 3.69. The maximum absolute atomic E-state index is 13.1. The molecule has 2 unspecified atom stereocenters. The van der Waals surface area contributed by atoms with Gasteiger partial charge in [0.25, 0.3) is 0 Å². The monoisotopic (exact) mass is 327 g/mol. The lowest BCUT2D eigenvalue weighted by molar-refractivity contribution is -0.132. The number of carbonyl (C=O) groups is 1. The fraction of sp³-hybridized carbons (Fsp3) is 0.444. The van der Waals surface area contributed by atoms with Crippen LogP contribution in [0.2, 0.25) is 0 Å². The standard InChI is InChI=1S/C18H21N3OS/c22-18(17-15-6-2-1-4-13(15)8-11-23-17)21-10-3-5-14(12-21)16-7-9-19-20-16/h1-2,4,6-7,9,14,17H,3,5,8,10-12H2,(H,19,20). The van der Waals surface area contributed by atoms with Crippen LogP contribution in [0, 0.1) is 0 Å². The number of nitrogens with zero attached hydrogens (tertiary/aromatic N) is 2. The first-order valence-corrected chi connectivity index (χ1v) is 9.35. The number of H-pyrrole nitrogens is 1. The van der Waals surface area contributed by atoms with Crippen LogP contribution in [0.25, 0.3) is 0 Å². The molecule has 5 heteroatoms. The quantitative estimate of drug-likeness (QED) is 0.922. The smallest absolute Gasteiger partial charge is 0.240 e. The van der Waals surface area contributed by atoms with E-state index in [4.69, 9.17) is 0 Å². The van der Waals surface area contributed by atoms with Gasteiger partial charge in [0.1, 0.15) is 5.25 Å². The molecule has 1 N–H and O–H groups in total. The largest absolute Gasteiger partial charge is 0.341 e. The highest BCUT2D eigenvalue weighted by atomic mass is 32.2. The summed E-state index contributed by atoms with van der Waals surface area (Å²) < 4.78 is 0. The number of fused-ring (bicyclic) bond motifs is 1. The minimum Gasteiger partial charge on any atom is -0.341 e. The molecule has 1 amide bonds. The molecule has 2 aliphatic rings. The van der Waals surface area contributed by atoms with Gasteiger partial charge >= 0.3 is 0 Å². The molecule has 0 radical (unpaired) electrons. The highest BCUT2D eigenvalue weighted by Gasteiger charge is 2.33. The van der Waals surface area contributed by atoms with Crippen molar-refractivity contribution in [2.45, 2.75) is 30.4 Å². The third-order valence-corrected chi connectivity index (χ3v) is 6.14. The number of piperidine rings is 1. The van der Waals surface area contributed by atoms with Gasteiger partial charge in [-0.2, -0.15) is 5.10 Å². The summed E-state index contributed by atoms with van der Waals surface area (Å²) in [6, 6.07) is 10.4. The van der Waals surface area contributed by atoms with Crippen molar-refractivity contribution in [2.75, 3.05) is 18.8 Å². The van der Waals surface area contributed by atoms with E-state index in [0.717, 1.165) is 43.8 Å². The van der Waals surface area contributed by atoms with Gasteiger partial charge in [0.05, 0.1) is 0 Å². The van der Waals surface area contributed by atoms with Crippen molar-refractivity contribution in [3.8, 4) is 0 Å². The van der Waals surface area contributed by atoms with E-state index in [1.807, 2.05) is 6.07 Å². The first-order chi connectivity index (χ1) is 11.3. The molecule has 1 aromatic carbocycles. The molecule has 4 rings (SSSR count). The first-order valence-electron chi connectivity index (χ1n) is 8.30. The van der Waals surface area contributed by atoms with Crippen LogP contribution in [0.3, 0.4) is 0 Å². The predicted octanol–water partition coefficient (Wildman–Crippen LogP) is 3.15. The summed E-state index contributed by atoms with van der Waals surface area (Å²) in [7, 11) is 0. The van der Waals surface area contributed by atoms with Crippen LogP contribution in [-0.2, 0) is 11.2 Å². The van der Waals surface area contributed by atoms with Crippen molar-refractivity contribution in [1.29, 1.82) is 0 Å². The second-order valence-corrected chi connectivity index (χ2v) is 7.55. The van der Waals surface area contributed by atoms with Gasteiger partial charge in [0.2, 0.25) is 5.91 Å². The maximum Gasteiger partial charge on any atom is 0.240 e. The average molecular weight is 327 g/mol. The summed E-state index contributed by atoms with van der Waals surface area (Å²) in [4.78, 5) is 15.2. The van der Waals surface area contributed by atoms with E-state index in [9.17, 15) is 4.79 Å². The lowest BCUT2D eigenvalue weighted by Crippen LogP contribution is -2.41. The van der Waals surface area contributed by atoms with E-state index in [0.29, 0.717) is 5.92 Å². The molecule has 0 saturated carbocycles. The lowest BCUT2D eigenvalue weighted by atomic mass is 9.94. The van der Waals surface area contributed by atoms with Crippen LogP contribution in [0.4, 0.5) is 0 Å². The van der Waals surface area contributed by atoms with Crippen molar-refractivity contribution in [2.24, 2.45) is 0 Å². The predicted molar refractivity (Wildman–Crippen MR) is 92.5 cm³/mol. The number of aromatic amines is 1. The van der Waals surface area contributed by atoms with Crippen LogP contribution in [0.5, 0.6) is 0 Å². The van der Waals surface area contributed by atoms with Gasteiger partial charge in [-0.25, -0.2) is 0 Å². The van der Waals surface area contributed by atoms with E-state index >= 15 is 0 Å². The summed E-state index contributed by atoms with van der Waals surface area (Å²) in [6.45, 7) is 1.68. The van der Waals surface area contributed by atoms with Gasteiger partial charge in [-0.15, -0.1) is 11.8 Å². The van der Waals surface area contributed by atoms with Crippen molar-refractivity contribution >= 4 is 17.7 Å². The fourth-order valence-corrected chi connectivity index (χ4v) is 4.96. The van der Waals surface area contributed by atoms with E-state index < -0.39 is 0 Å². The molecule has 120 valence electrons. The number of nitrogens with one attached hydrogen (secondary N) is 1. The summed E-state index contributed by atoms with van der Waals surface area (Å²) in [5.41, 5.74) is 3.71. The highest BCUT2D eigenvalue weighted by molar-refractivity contribution is 8.00. The Morgan fingerprint density at radius 3 is 3.09 bits per heavy atom. The Kier molecular flexibility index (Phi) is 4.12. The molecule has 4 nitrogen and oxygen atoms in total. The molecule has 3 heterocycles. The molecule has 2 aromatic rings. The summed E-state index contributed by atoms with van der Waals surface area (Å²) in [6.07, 6.45) is 5.06. The van der Waals surface area contributed by atoms with Gasteiger partial charge in [-0.3, -0.25) is 9.89 Å². The Morgan fingerprint density at radius 2 is 2.22 bits per heavy atom. The third-order valence-electron chi connectivity index (χ3n) is 4.91. The van der Waals surface area contributed by atoms with Crippen LogP contribution >= 0.6 is 11.8 Å². The van der Waals surface area contributed by atoms with E-state index in [-0.39, 0.29) is 11.2 Å². The number of rotatable bonds is 2. The van der Waals surface area contributed by atoms with E-state index in [1.165, 1.54) is 11.1 Å². The zero-order chi connectivity index (χ0) is 15.6. The molecule has 0 aliphatic carbocycles. The molecule has 2 aliphatic heterocycles. The number of aromatic nitrogens is 2. The van der Waals surface area contributed by atoms with Crippen LogP contribution < -0.4 is 0 Å². The van der Waals surface area contributed by atoms with Crippen molar-refractivity contribution in [1.82, 2.24) is 15.1 Å². The topological polar surface area (TPSA) is 49.0 Å². The Bertz CT molecular complexity index is 685. The Morgan fingerprint density at radius 1 is 1.30 bits per heavy atom. The molecule has 23 heavy (non-hydrogen) atoms. The Labute approximate surface area is 140 Å². The molecule has 2 atom stereocenters. The zero-order valence-electron chi connectivity index (χ0n) is 13.1. The maximum atomic E-state index is 13.1. The van der Waals surface area contributed by atoms with Gasteiger partial charge in [-0.05, 0) is 42.2 Å². The second-order valence-electron chi connectivity index (χ2n) is 6.34. The van der Waals surface area contributed by atoms with Gasteiger partial charge in [0, 0.05) is 30.9 Å². The van der Waals surface area contributed by atoms with Gasteiger partial charge < -0.3 is 4.90 Å². The number of aryl methyl sites for hydroxylation is 1. The van der Waals surface area contributed by atoms with Crippen molar-refractivity contribution < 1.29 is 4.79 Å². The van der Waals surface area contributed by atoms with Crippen LogP contribution in [-0.4, -0.2) is 39.8 Å². The van der Waals surface area contributed by atoms with Crippen LogP contribution in [0.1, 0.15) is 40.8 Å². The molecule has 0 bridgehead atoms. The molecular weight excluding hydrogens is 306 g/mol. The normalized spacial score (nSPS) is 24.3. The van der Waals surface area contributed by atoms with E-state index in [1.54, 1.807) is 18.0 Å². The number of hydrogen-bond donors (Lipinski definition) is 1. The number of amides is 1. The third kappa shape index (κ3) is 2.90. The highest BCUT2D eigenvalue weighted by Crippen LogP contribution is 2.39. The SMILES string of the molecule is O=C(C1SCCc2ccccc21)N1CCCC(c2ccn[nH]2)C1. The van der Waals surface area contributed by atoms with Crippen molar-refractivity contribution in [3.63, 3.8) is 0 Å². The van der Waals surface area contributed by atoms with Crippen molar-refractivity contribution in [3.05, 3.63) is 53.3 Å². The Hall–Kier alpha value is -1.75. The number of carbonyl (C=O) groups excluding carboxylic acids is 1. The molecule has 1 fully saturated rings. The van der Waals surface area contributed by atoms with Crippen LogP contribution in [0.15, 0.2) is 36.5 Å². The second kappa shape index (κ2) is 6.40. The first kappa shape index (κ1) is 14.8. The summed E-state index contributed by atoms with van der Waals surface area (Å²) in [5.74, 6) is 1.70. The number of likely N-dealkylation sites (tertiary alicyclic amines) is 1. The van der Waals surface area contributed by atoms with E-state index in [2.05, 4.69) is 39.4 Å².